The van der Waals surface area contributed by atoms with Crippen LogP contribution in [0, 0.1) is 0 Å². The van der Waals surface area contributed by atoms with E-state index in [-0.39, 0.29) is 11.4 Å². The molecule has 0 radical (unpaired) electrons. The molecule has 0 aromatic carbocycles. The lowest BCUT2D eigenvalue weighted by Crippen LogP contribution is -2.24. The first-order valence-electron chi connectivity index (χ1n) is 3.11. The second kappa shape index (κ2) is 2.58. The van der Waals surface area contributed by atoms with Gasteiger partial charge in [0.15, 0.2) is 0 Å². The second-order valence-corrected chi connectivity index (χ2v) is 2.33. The minimum absolute atomic E-state index is 0.177. The van der Waals surface area contributed by atoms with Crippen LogP contribution in [0.15, 0.2) is 35.8 Å². The van der Waals surface area contributed by atoms with Crippen molar-refractivity contribution < 1.29 is 13.2 Å². The van der Waals surface area contributed by atoms with E-state index in [0.717, 1.165) is 12.3 Å². The number of nitrogens with two attached hydrogens (primary N) is 1. The van der Waals surface area contributed by atoms with Gasteiger partial charge in [-0.15, -0.1) is 0 Å². The van der Waals surface area contributed by atoms with Crippen molar-refractivity contribution in [2.45, 2.75) is 6.18 Å². The number of hydrogen-bond donors (Lipinski definition) is 2. The van der Waals surface area contributed by atoms with Gasteiger partial charge in [0.25, 0.3) is 0 Å². The molecule has 0 unspecified atom stereocenters. The van der Waals surface area contributed by atoms with Crippen LogP contribution in [0.3, 0.4) is 0 Å². The molecule has 0 amide bonds. The van der Waals surface area contributed by atoms with Crippen LogP contribution < -0.4 is 11.1 Å². The predicted octanol–water partition coefficient (Wildman–Crippen LogP) is 1.39. The van der Waals surface area contributed by atoms with Crippen molar-refractivity contribution in [1.29, 1.82) is 0 Å². The Morgan fingerprint density at radius 2 is 2.00 bits per heavy atom. The zero-order valence-corrected chi connectivity index (χ0v) is 6.07. The molecule has 0 aromatic rings. The van der Waals surface area contributed by atoms with Crippen molar-refractivity contribution in [2.24, 2.45) is 5.73 Å². The van der Waals surface area contributed by atoms with Gasteiger partial charge < -0.3 is 11.1 Å². The van der Waals surface area contributed by atoms with Crippen molar-refractivity contribution in [3.05, 3.63) is 35.8 Å². The number of dihydropyridines is 1. The first-order chi connectivity index (χ1) is 5.41. The predicted molar refractivity (Wildman–Crippen MR) is 38.7 cm³/mol. The monoisotopic (exact) mass is 176 g/mol. The van der Waals surface area contributed by atoms with Gasteiger partial charge in [-0.2, -0.15) is 13.2 Å². The maximum Gasteiger partial charge on any atom is 0.418 e. The largest absolute Gasteiger partial charge is 0.418 e. The van der Waals surface area contributed by atoms with Crippen LogP contribution in [0.1, 0.15) is 0 Å². The third-order valence-corrected chi connectivity index (χ3v) is 1.35. The van der Waals surface area contributed by atoms with Gasteiger partial charge in [0.1, 0.15) is 0 Å². The summed E-state index contributed by atoms with van der Waals surface area (Å²) in [6.07, 6.45) is -2.47. The van der Waals surface area contributed by atoms with E-state index in [9.17, 15) is 13.2 Å². The summed E-state index contributed by atoms with van der Waals surface area (Å²) in [6, 6.07) is 0. The fourth-order valence-corrected chi connectivity index (χ4v) is 0.793. The zero-order valence-electron chi connectivity index (χ0n) is 6.07. The van der Waals surface area contributed by atoms with Crippen molar-refractivity contribution in [3.63, 3.8) is 0 Å². The highest BCUT2D eigenvalue weighted by atomic mass is 19.4. The summed E-state index contributed by atoms with van der Waals surface area (Å²) in [5, 5.41) is 2.48. The third kappa shape index (κ3) is 1.61. The summed E-state index contributed by atoms with van der Waals surface area (Å²) >= 11 is 0. The summed E-state index contributed by atoms with van der Waals surface area (Å²) in [7, 11) is 0. The number of hydrogen-bond acceptors (Lipinski definition) is 2. The van der Waals surface area contributed by atoms with Gasteiger partial charge in [0.05, 0.1) is 11.3 Å². The molecule has 5 heteroatoms. The van der Waals surface area contributed by atoms with Gasteiger partial charge in [-0.1, -0.05) is 6.58 Å². The Balaban J connectivity index is 3.02. The third-order valence-electron chi connectivity index (χ3n) is 1.35. The lowest BCUT2D eigenvalue weighted by atomic mass is 10.1. The fourth-order valence-electron chi connectivity index (χ4n) is 0.793. The van der Waals surface area contributed by atoms with Gasteiger partial charge >= 0.3 is 6.18 Å². The summed E-state index contributed by atoms with van der Waals surface area (Å²) in [5.74, 6) is 0. The number of allylic oxidation sites excluding steroid dienone is 2. The van der Waals surface area contributed by atoms with Crippen LogP contribution in [0.25, 0.3) is 0 Å². The van der Waals surface area contributed by atoms with E-state index in [1.165, 1.54) is 0 Å². The maximum absolute atomic E-state index is 12.1. The van der Waals surface area contributed by atoms with Crippen molar-refractivity contribution in [1.82, 2.24) is 5.32 Å². The zero-order chi connectivity index (χ0) is 9.35. The van der Waals surface area contributed by atoms with E-state index in [1.54, 1.807) is 0 Å². The average molecular weight is 176 g/mol. The minimum Gasteiger partial charge on any atom is -0.397 e. The second-order valence-electron chi connectivity index (χ2n) is 2.33. The van der Waals surface area contributed by atoms with E-state index in [4.69, 9.17) is 5.73 Å². The lowest BCUT2D eigenvalue weighted by Gasteiger charge is -2.17. The topological polar surface area (TPSA) is 38.0 Å². The molecule has 1 heterocycles. The standard InChI is InChI=1S/C7H7F3N2/c1-4-2-5(7(8,9)10)6(11)3-12-4/h2-3,12H,1,11H2. The van der Waals surface area contributed by atoms with Crippen LogP contribution in [0.5, 0.6) is 0 Å². The van der Waals surface area contributed by atoms with Gasteiger partial charge in [-0.3, -0.25) is 0 Å². The fraction of sp³-hybridized carbons (Fsp3) is 0.143. The Morgan fingerprint density at radius 1 is 1.42 bits per heavy atom. The number of nitrogens with one attached hydrogen (secondary N) is 1. The van der Waals surface area contributed by atoms with Crippen molar-refractivity contribution in [2.75, 3.05) is 0 Å². The number of rotatable bonds is 0. The van der Waals surface area contributed by atoms with Crippen molar-refractivity contribution >= 4 is 0 Å². The van der Waals surface area contributed by atoms with Crippen LogP contribution in [-0.4, -0.2) is 6.18 Å². The summed E-state index contributed by atoms with van der Waals surface area (Å²) < 4.78 is 36.3. The normalized spacial score (nSPS) is 18.1. The van der Waals surface area contributed by atoms with Gasteiger partial charge in [0, 0.05) is 11.9 Å². The van der Waals surface area contributed by atoms with Crippen LogP contribution in [0.4, 0.5) is 13.2 Å². The Bertz CT molecular complexity index is 273. The molecule has 0 fully saturated rings. The molecule has 0 saturated heterocycles. The number of alkyl halides is 3. The number of halogens is 3. The highest BCUT2D eigenvalue weighted by Gasteiger charge is 2.36. The highest BCUT2D eigenvalue weighted by molar-refractivity contribution is 5.41. The van der Waals surface area contributed by atoms with Crippen LogP contribution in [-0.2, 0) is 0 Å². The van der Waals surface area contributed by atoms with Gasteiger partial charge in [-0.25, -0.2) is 0 Å². The van der Waals surface area contributed by atoms with Gasteiger partial charge in [-0.05, 0) is 6.08 Å². The molecule has 0 aliphatic carbocycles. The van der Waals surface area contributed by atoms with E-state index in [0.29, 0.717) is 0 Å². The molecular formula is C7H7F3N2. The SMILES string of the molecule is C=C1C=C(C(F)(F)F)C(N)=CN1. The van der Waals surface area contributed by atoms with Crippen LogP contribution in [0.2, 0.25) is 0 Å². The maximum atomic E-state index is 12.1. The van der Waals surface area contributed by atoms with Crippen LogP contribution >= 0.6 is 0 Å². The van der Waals surface area contributed by atoms with E-state index in [2.05, 4.69) is 11.9 Å². The molecule has 66 valence electrons. The molecule has 1 aliphatic heterocycles. The molecule has 0 bridgehead atoms. The lowest BCUT2D eigenvalue weighted by molar-refractivity contribution is -0.0896. The molecule has 1 rings (SSSR count). The van der Waals surface area contributed by atoms with E-state index in [1.807, 2.05) is 0 Å². The summed E-state index contributed by atoms with van der Waals surface area (Å²) in [5.41, 5.74) is 4.09. The Hall–Kier alpha value is -1.39. The smallest absolute Gasteiger partial charge is 0.397 e. The molecule has 2 nitrogen and oxygen atoms in total. The highest BCUT2D eigenvalue weighted by Crippen LogP contribution is 2.30. The average Bonchev–Trinajstić information content (AvgIpc) is 1.92. The van der Waals surface area contributed by atoms with E-state index >= 15 is 0 Å². The first-order valence-corrected chi connectivity index (χ1v) is 3.11. The molecule has 0 spiro atoms. The Labute approximate surface area is 67.2 Å². The Morgan fingerprint density at radius 3 is 2.42 bits per heavy atom. The molecule has 0 aromatic heterocycles. The summed E-state index contributed by atoms with van der Waals surface area (Å²) in [6.45, 7) is 3.32. The molecule has 1 aliphatic rings. The molecular weight excluding hydrogens is 169 g/mol. The molecule has 0 saturated carbocycles. The molecule has 3 N–H and O–H groups in total. The molecule has 12 heavy (non-hydrogen) atoms. The van der Waals surface area contributed by atoms with Gasteiger partial charge in [0.2, 0.25) is 0 Å². The van der Waals surface area contributed by atoms with Crippen molar-refractivity contribution in [3.8, 4) is 0 Å². The minimum atomic E-state index is -4.41. The quantitative estimate of drug-likeness (QED) is 0.585. The van der Waals surface area contributed by atoms with E-state index < -0.39 is 11.7 Å². The first kappa shape index (κ1) is 8.70. The summed E-state index contributed by atoms with van der Waals surface area (Å²) in [4.78, 5) is 0. The molecule has 0 atom stereocenters. The Kier molecular flexibility index (Phi) is 1.87.